The van der Waals surface area contributed by atoms with Crippen molar-refractivity contribution in [3.63, 3.8) is 0 Å². The van der Waals surface area contributed by atoms with E-state index in [9.17, 15) is 4.79 Å². The molecule has 142 valence electrons. The first-order valence-corrected chi connectivity index (χ1v) is 9.82. The van der Waals surface area contributed by atoms with Crippen LogP contribution in [0.4, 0.5) is 0 Å². The van der Waals surface area contributed by atoms with E-state index in [1.54, 1.807) is 13.4 Å². The van der Waals surface area contributed by atoms with Crippen molar-refractivity contribution in [3.05, 3.63) is 65.2 Å². The van der Waals surface area contributed by atoms with Gasteiger partial charge in [-0.3, -0.25) is 4.79 Å². The predicted octanol–water partition coefficient (Wildman–Crippen LogP) is 3.37. The van der Waals surface area contributed by atoms with Crippen LogP contribution >= 0.6 is 11.8 Å². The number of hydrogen-bond donors (Lipinski definition) is 0. The third-order valence-electron chi connectivity index (χ3n) is 4.51. The molecule has 3 aromatic rings. The van der Waals surface area contributed by atoms with E-state index in [-0.39, 0.29) is 5.78 Å². The summed E-state index contributed by atoms with van der Waals surface area (Å²) in [7, 11) is 1.66. The summed E-state index contributed by atoms with van der Waals surface area (Å²) in [5, 5.41) is 8.76. The Balaban J connectivity index is 1.69. The molecule has 0 bridgehead atoms. The molecule has 3 rings (SSSR count). The van der Waals surface area contributed by atoms with Crippen molar-refractivity contribution in [2.75, 3.05) is 19.5 Å². The average molecular weight is 385 g/mol. The summed E-state index contributed by atoms with van der Waals surface area (Å²) in [6.07, 6.45) is 1.66. The van der Waals surface area contributed by atoms with Gasteiger partial charge >= 0.3 is 0 Å². The third-order valence-corrected chi connectivity index (χ3v) is 5.49. The highest BCUT2D eigenvalue weighted by molar-refractivity contribution is 7.99. The van der Waals surface area contributed by atoms with Crippen LogP contribution in [0, 0.1) is 13.8 Å². The van der Waals surface area contributed by atoms with Crippen LogP contribution in [-0.2, 0) is 17.8 Å². The number of aryl methyl sites for hydroxylation is 1. The van der Waals surface area contributed by atoms with Gasteiger partial charge in [0, 0.05) is 37.2 Å². The Morgan fingerprint density at radius 3 is 2.74 bits per heavy atom. The number of aromatic nitrogens is 4. The lowest BCUT2D eigenvalue weighted by Crippen LogP contribution is -2.09. The molecule has 0 atom stereocenters. The van der Waals surface area contributed by atoms with Crippen LogP contribution in [-0.4, -0.2) is 44.6 Å². The minimum Gasteiger partial charge on any atom is -0.383 e. The fraction of sp³-hybridized carbons (Fsp3) is 0.350. The second-order valence-electron chi connectivity index (χ2n) is 6.37. The molecule has 0 aliphatic heterocycles. The van der Waals surface area contributed by atoms with Crippen molar-refractivity contribution in [2.45, 2.75) is 32.1 Å². The van der Waals surface area contributed by atoms with Gasteiger partial charge in [-0.25, -0.2) is 0 Å². The molecule has 7 heteroatoms. The highest BCUT2D eigenvalue weighted by Gasteiger charge is 2.17. The normalized spacial score (nSPS) is 11.1. The summed E-state index contributed by atoms with van der Waals surface area (Å²) in [5.41, 5.74) is 4.09. The Morgan fingerprint density at radius 1 is 1.22 bits per heavy atom. The number of rotatable bonds is 9. The SMILES string of the molecule is COCCn1cnnc1SCC(=O)c1cc(C)n(Cc2ccccc2)c1C. The Morgan fingerprint density at radius 2 is 2.00 bits per heavy atom. The zero-order valence-electron chi connectivity index (χ0n) is 15.9. The molecule has 2 heterocycles. The maximum absolute atomic E-state index is 12.8. The highest BCUT2D eigenvalue weighted by atomic mass is 32.2. The molecule has 0 aliphatic rings. The van der Waals surface area contributed by atoms with Crippen LogP contribution in [0.3, 0.4) is 0 Å². The molecule has 0 fully saturated rings. The lowest BCUT2D eigenvalue weighted by atomic mass is 10.2. The van der Waals surface area contributed by atoms with E-state index in [1.807, 2.05) is 42.7 Å². The Labute approximate surface area is 163 Å². The van der Waals surface area contributed by atoms with Crippen LogP contribution in [0.15, 0.2) is 47.9 Å². The molecule has 1 aromatic carbocycles. The second kappa shape index (κ2) is 9.01. The molecule has 0 unspecified atom stereocenters. The predicted molar refractivity (Wildman–Crippen MR) is 106 cm³/mol. The molecule has 0 radical (unpaired) electrons. The molecule has 0 saturated heterocycles. The number of nitrogens with zero attached hydrogens (tertiary/aromatic N) is 4. The van der Waals surface area contributed by atoms with Crippen molar-refractivity contribution >= 4 is 17.5 Å². The molecular formula is C20H24N4O2S. The number of Topliss-reactive ketones (excluding diaryl/α,β-unsaturated/α-hetero) is 1. The van der Waals surface area contributed by atoms with Gasteiger partial charge in [-0.1, -0.05) is 42.1 Å². The molecule has 0 N–H and O–H groups in total. The summed E-state index contributed by atoms with van der Waals surface area (Å²) >= 11 is 1.41. The van der Waals surface area contributed by atoms with Gasteiger partial charge in [0.25, 0.3) is 0 Å². The number of benzene rings is 1. The van der Waals surface area contributed by atoms with Crippen molar-refractivity contribution in [2.24, 2.45) is 0 Å². The van der Waals surface area contributed by atoms with Crippen molar-refractivity contribution in [3.8, 4) is 0 Å². The zero-order valence-corrected chi connectivity index (χ0v) is 16.7. The second-order valence-corrected chi connectivity index (χ2v) is 7.31. The van der Waals surface area contributed by atoms with Crippen LogP contribution in [0.1, 0.15) is 27.3 Å². The lowest BCUT2D eigenvalue weighted by molar-refractivity contribution is 0.102. The number of carbonyl (C=O) groups excluding carboxylic acids is 1. The Hall–Kier alpha value is -2.38. The molecule has 27 heavy (non-hydrogen) atoms. The molecule has 0 amide bonds. The number of methoxy groups -OCH3 is 1. The highest BCUT2D eigenvalue weighted by Crippen LogP contribution is 2.21. The van der Waals surface area contributed by atoms with Crippen molar-refractivity contribution < 1.29 is 9.53 Å². The topological polar surface area (TPSA) is 61.9 Å². The standard InChI is InChI=1S/C20H24N4O2S/c1-15-11-18(16(2)24(15)12-17-7-5-4-6-8-17)19(25)13-27-20-22-21-14-23(20)9-10-26-3/h4-8,11,14H,9-10,12-13H2,1-3H3. The Bertz CT molecular complexity index is 902. The average Bonchev–Trinajstić information content (AvgIpc) is 3.24. The van der Waals surface area contributed by atoms with Gasteiger partial charge in [-0.05, 0) is 25.5 Å². The maximum Gasteiger partial charge on any atom is 0.191 e. The van der Waals surface area contributed by atoms with Crippen LogP contribution in [0.5, 0.6) is 0 Å². The first kappa shape index (κ1) is 19.4. The number of thioether (sulfide) groups is 1. The van der Waals surface area contributed by atoms with Gasteiger partial charge in [0.15, 0.2) is 10.9 Å². The summed E-state index contributed by atoms with van der Waals surface area (Å²) in [6, 6.07) is 12.3. The molecule has 6 nitrogen and oxygen atoms in total. The quantitative estimate of drug-likeness (QED) is 0.418. The fourth-order valence-corrected chi connectivity index (χ4v) is 3.82. The Kier molecular flexibility index (Phi) is 6.47. The van der Waals surface area contributed by atoms with Gasteiger partial charge in [0.1, 0.15) is 6.33 Å². The molecule has 0 aliphatic carbocycles. The van der Waals surface area contributed by atoms with E-state index in [1.165, 1.54) is 17.3 Å². The summed E-state index contributed by atoms with van der Waals surface area (Å²) < 4.78 is 9.18. The van der Waals surface area contributed by atoms with E-state index in [4.69, 9.17) is 4.74 Å². The van der Waals surface area contributed by atoms with Gasteiger partial charge in [0.05, 0.1) is 12.4 Å². The van der Waals surface area contributed by atoms with Crippen molar-refractivity contribution in [1.82, 2.24) is 19.3 Å². The molecule has 2 aromatic heterocycles. The minimum absolute atomic E-state index is 0.105. The van der Waals surface area contributed by atoms with Crippen LogP contribution in [0.2, 0.25) is 0 Å². The van der Waals surface area contributed by atoms with E-state index < -0.39 is 0 Å². The number of ether oxygens (including phenoxy) is 1. The smallest absolute Gasteiger partial charge is 0.191 e. The van der Waals surface area contributed by atoms with Crippen LogP contribution in [0.25, 0.3) is 0 Å². The maximum atomic E-state index is 12.8. The van der Waals surface area contributed by atoms with Gasteiger partial charge in [-0.2, -0.15) is 0 Å². The number of carbonyl (C=O) groups is 1. The third kappa shape index (κ3) is 4.67. The molecule has 0 saturated carbocycles. The summed E-state index contributed by atoms with van der Waals surface area (Å²) in [6.45, 7) is 6.08. The first-order valence-electron chi connectivity index (χ1n) is 8.83. The number of hydrogen-bond acceptors (Lipinski definition) is 5. The largest absolute Gasteiger partial charge is 0.383 e. The molecular weight excluding hydrogens is 360 g/mol. The van der Waals surface area contributed by atoms with Gasteiger partial charge in [-0.15, -0.1) is 10.2 Å². The monoisotopic (exact) mass is 384 g/mol. The molecule has 0 spiro atoms. The summed E-state index contributed by atoms with van der Waals surface area (Å²) in [5.74, 6) is 0.440. The van der Waals surface area contributed by atoms with E-state index in [0.29, 0.717) is 18.9 Å². The first-order chi connectivity index (χ1) is 13.1. The van der Waals surface area contributed by atoms with Gasteiger partial charge in [0.2, 0.25) is 0 Å². The lowest BCUT2D eigenvalue weighted by Gasteiger charge is -2.10. The minimum atomic E-state index is 0.105. The zero-order chi connectivity index (χ0) is 19.2. The van der Waals surface area contributed by atoms with E-state index in [0.717, 1.165) is 28.7 Å². The van der Waals surface area contributed by atoms with Crippen molar-refractivity contribution in [1.29, 1.82) is 0 Å². The fourth-order valence-electron chi connectivity index (χ4n) is 3.00. The van der Waals surface area contributed by atoms with E-state index in [2.05, 4.69) is 26.9 Å². The number of ketones is 1. The summed E-state index contributed by atoms with van der Waals surface area (Å²) in [4.78, 5) is 12.8. The van der Waals surface area contributed by atoms with Crippen LogP contribution < -0.4 is 0 Å². The van der Waals surface area contributed by atoms with Gasteiger partial charge < -0.3 is 13.9 Å². The van der Waals surface area contributed by atoms with E-state index >= 15 is 0 Å².